The number of hydroxylamine groups is 2. The van der Waals surface area contributed by atoms with Crippen molar-refractivity contribution in [3.8, 4) is 0 Å². The Morgan fingerprint density at radius 1 is 1.57 bits per heavy atom. The fourth-order valence-electron chi connectivity index (χ4n) is 0.942. The fraction of sp³-hybridized carbons (Fsp3) is 0.222. The minimum atomic E-state index is -0.661. The van der Waals surface area contributed by atoms with E-state index in [4.69, 9.17) is 11.6 Å². The van der Waals surface area contributed by atoms with E-state index in [0.29, 0.717) is 0 Å². The maximum atomic E-state index is 13.2. The molecule has 0 saturated carbocycles. The van der Waals surface area contributed by atoms with E-state index in [1.165, 1.54) is 32.4 Å². The molecule has 0 atom stereocenters. The molecule has 0 aliphatic carbocycles. The molecule has 1 aromatic carbocycles. The van der Waals surface area contributed by atoms with Crippen LogP contribution in [0.15, 0.2) is 18.2 Å². The van der Waals surface area contributed by atoms with Crippen molar-refractivity contribution in [3.05, 3.63) is 34.6 Å². The molecule has 3 nitrogen and oxygen atoms in total. The van der Waals surface area contributed by atoms with Gasteiger partial charge in [0.2, 0.25) is 0 Å². The standard InChI is InChI=1S/C9H9ClFNO2/c1-12(14-2)9(13)8-6(10)4-3-5-7(8)11/h3-5H,1-2H3. The highest BCUT2D eigenvalue weighted by atomic mass is 35.5. The van der Waals surface area contributed by atoms with Crippen LogP contribution in [0.1, 0.15) is 10.4 Å². The Labute approximate surface area is 86.0 Å². The summed E-state index contributed by atoms with van der Waals surface area (Å²) in [5.74, 6) is -1.28. The molecule has 0 N–H and O–H groups in total. The summed E-state index contributed by atoms with van der Waals surface area (Å²) in [6.07, 6.45) is 0. The Morgan fingerprint density at radius 3 is 2.71 bits per heavy atom. The third-order valence-electron chi connectivity index (χ3n) is 1.74. The number of benzene rings is 1. The molecule has 1 amide bonds. The molecule has 14 heavy (non-hydrogen) atoms. The van der Waals surface area contributed by atoms with Gasteiger partial charge in [0.15, 0.2) is 0 Å². The van der Waals surface area contributed by atoms with Crippen LogP contribution < -0.4 is 0 Å². The smallest absolute Gasteiger partial charge is 0.274 e. The van der Waals surface area contributed by atoms with Gasteiger partial charge in [0.1, 0.15) is 5.82 Å². The molecule has 0 saturated heterocycles. The van der Waals surface area contributed by atoms with Gasteiger partial charge in [-0.15, -0.1) is 0 Å². The summed E-state index contributed by atoms with van der Waals surface area (Å²) in [7, 11) is 2.69. The highest BCUT2D eigenvalue weighted by molar-refractivity contribution is 6.33. The first-order valence-corrected chi connectivity index (χ1v) is 4.22. The van der Waals surface area contributed by atoms with E-state index in [2.05, 4.69) is 4.84 Å². The summed E-state index contributed by atoms with van der Waals surface area (Å²) >= 11 is 5.68. The number of amides is 1. The molecule has 5 heteroatoms. The van der Waals surface area contributed by atoms with Crippen molar-refractivity contribution in [1.82, 2.24) is 5.06 Å². The number of carbonyl (C=O) groups is 1. The van der Waals surface area contributed by atoms with Gasteiger partial charge in [0, 0.05) is 7.05 Å². The zero-order chi connectivity index (χ0) is 10.7. The Hall–Kier alpha value is -1.13. The average molecular weight is 218 g/mol. The van der Waals surface area contributed by atoms with E-state index in [9.17, 15) is 9.18 Å². The van der Waals surface area contributed by atoms with Crippen LogP contribution in [0.5, 0.6) is 0 Å². The molecule has 0 heterocycles. The monoisotopic (exact) mass is 217 g/mol. The van der Waals surface area contributed by atoms with Crippen molar-refractivity contribution in [2.75, 3.05) is 14.2 Å². The second-order valence-corrected chi connectivity index (χ2v) is 2.99. The molecule has 0 spiro atoms. The third-order valence-corrected chi connectivity index (χ3v) is 2.05. The molecule has 0 unspecified atom stereocenters. The van der Waals surface area contributed by atoms with Crippen molar-refractivity contribution in [2.24, 2.45) is 0 Å². The molecule has 0 radical (unpaired) electrons. The molecule has 0 aromatic heterocycles. The quantitative estimate of drug-likeness (QED) is 0.711. The Morgan fingerprint density at radius 2 is 2.21 bits per heavy atom. The topological polar surface area (TPSA) is 29.5 Å². The first kappa shape index (κ1) is 10.9. The van der Waals surface area contributed by atoms with E-state index >= 15 is 0 Å². The Bertz CT molecular complexity index is 336. The van der Waals surface area contributed by atoms with Crippen LogP contribution in [0, 0.1) is 5.82 Å². The van der Waals surface area contributed by atoms with E-state index in [1.807, 2.05) is 0 Å². The second kappa shape index (κ2) is 4.39. The lowest BCUT2D eigenvalue weighted by Crippen LogP contribution is -2.26. The fourth-order valence-corrected chi connectivity index (χ4v) is 1.19. The highest BCUT2D eigenvalue weighted by Crippen LogP contribution is 2.20. The molecule has 1 rings (SSSR count). The van der Waals surface area contributed by atoms with E-state index < -0.39 is 11.7 Å². The number of carbonyl (C=O) groups excluding carboxylic acids is 1. The predicted molar refractivity (Wildman–Crippen MR) is 50.5 cm³/mol. The summed E-state index contributed by atoms with van der Waals surface area (Å²) in [4.78, 5) is 16.1. The SMILES string of the molecule is CON(C)C(=O)c1c(F)cccc1Cl. The van der Waals surface area contributed by atoms with Gasteiger partial charge in [-0.2, -0.15) is 0 Å². The van der Waals surface area contributed by atoms with Crippen molar-refractivity contribution >= 4 is 17.5 Å². The van der Waals surface area contributed by atoms with Gasteiger partial charge in [0.25, 0.3) is 5.91 Å². The van der Waals surface area contributed by atoms with E-state index in [0.717, 1.165) is 5.06 Å². The maximum Gasteiger partial charge on any atom is 0.281 e. The zero-order valence-corrected chi connectivity index (χ0v) is 8.51. The molecular weight excluding hydrogens is 209 g/mol. The lowest BCUT2D eigenvalue weighted by Gasteiger charge is -2.14. The van der Waals surface area contributed by atoms with Crippen molar-refractivity contribution in [2.45, 2.75) is 0 Å². The van der Waals surface area contributed by atoms with Gasteiger partial charge < -0.3 is 0 Å². The molecular formula is C9H9ClFNO2. The van der Waals surface area contributed by atoms with Crippen LogP contribution in [-0.4, -0.2) is 25.1 Å². The van der Waals surface area contributed by atoms with E-state index in [-0.39, 0.29) is 10.6 Å². The van der Waals surface area contributed by atoms with Gasteiger partial charge in [-0.25, -0.2) is 9.45 Å². The van der Waals surface area contributed by atoms with Gasteiger partial charge in [-0.3, -0.25) is 9.63 Å². The van der Waals surface area contributed by atoms with Gasteiger partial charge in [0.05, 0.1) is 17.7 Å². The molecule has 0 aliphatic rings. The molecule has 0 aliphatic heterocycles. The summed E-state index contributed by atoms with van der Waals surface area (Å²) in [5.41, 5.74) is -0.182. The number of hydrogen-bond donors (Lipinski definition) is 0. The largest absolute Gasteiger partial charge is 0.281 e. The number of halogens is 2. The number of hydrogen-bond acceptors (Lipinski definition) is 2. The lowest BCUT2D eigenvalue weighted by atomic mass is 10.2. The highest BCUT2D eigenvalue weighted by Gasteiger charge is 2.19. The minimum absolute atomic E-state index is 0.0684. The van der Waals surface area contributed by atoms with Crippen LogP contribution in [0.25, 0.3) is 0 Å². The second-order valence-electron chi connectivity index (χ2n) is 2.58. The van der Waals surface area contributed by atoms with E-state index in [1.54, 1.807) is 0 Å². The first-order valence-electron chi connectivity index (χ1n) is 3.84. The Kier molecular flexibility index (Phi) is 3.43. The van der Waals surface area contributed by atoms with Gasteiger partial charge in [-0.1, -0.05) is 17.7 Å². The Balaban J connectivity index is 3.12. The zero-order valence-electron chi connectivity index (χ0n) is 7.75. The summed E-state index contributed by atoms with van der Waals surface area (Å²) < 4.78 is 13.2. The molecule has 0 bridgehead atoms. The summed E-state index contributed by atoms with van der Waals surface area (Å²) in [5, 5.41) is 0.975. The average Bonchev–Trinajstić information content (AvgIpc) is 2.16. The number of nitrogens with zero attached hydrogens (tertiary/aromatic N) is 1. The summed E-state index contributed by atoms with van der Waals surface area (Å²) in [6.45, 7) is 0. The third kappa shape index (κ3) is 2.02. The molecule has 0 fully saturated rings. The normalized spacial score (nSPS) is 10.0. The summed E-state index contributed by atoms with van der Waals surface area (Å²) in [6, 6.07) is 4.05. The molecule has 1 aromatic rings. The van der Waals surface area contributed by atoms with Crippen molar-refractivity contribution < 1.29 is 14.0 Å². The van der Waals surface area contributed by atoms with Crippen LogP contribution in [0.4, 0.5) is 4.39 Å². The van der Waals surface area contributed by atoms with Crippen LogP contribution >= 0.6 is 11.6 Å². The van der Waals surface area contributed by atoms with Crippen molar-refractivity contribution in [1.29, 1.82) is 0 Å². The lowest BCUT2D eigenvalue weighted by molar-refractivity contribution is -0.0759. The maximum absolute atomic E-state index is 13.2. The van der Waals surface area contributed by atoms with Crippen LogP contribution in [0.3, 0.4) is 0 Å². The van der Waals surface area contributed by atoms with Gasteiger partial charge in [-0.05, 0) is 12.1 Å². The number of rotatable bonds is 2. The van der Waals surface area contributed by atoms with Gasteiger partial charge >= 0.3 is 0 Å². The van der Waals surface area contributed by atoms with Crippen LogP contribution in [0.2, 0.25) is 5.02 Å². The minimum Gasteiger partial charge on any atom is -0.274 e. The van der Waals surface area contributed by atoms with Crippen LogP contribution in [-0.2, 0) is 4.84 Å². The predicted octanol–water partition coefficient (Wildman–Crippen LogP) is 2.11. The molecule has 76 valence electrons. The van der Waals surface area contributed by atoms with Crippen molar-refractivity contribution in [3.63, 3.8) is 0 Å². The first-order chi connectivity index (χ1) is 6.57.